The lowest BCUT2D eigenvalue weighted by atomic mass is 9.98. The molecule has 0 unspecified atom stereocenters. The van der Waals surface area contributed by atoms with E-state index in [1.807, 2.05) is 29.2 Å². The van der Waals surface area contributed by atoms with Gasteiger partial charge in [0.2, 0.25) is 5.91 Å². The topological polar surface area (TPSA) is 55.6 Å². The molecular formula is C18H21ClN2O3. The Bertz CT molecular complexity index is 701. The Labute approximate surface area is 146 Å². The first-order valence-electron chi connectivity index (χ1n) is 8.12. The SMILES string of the molecule is COCC(=O)N1CCC[C@@H](c2ncc(Cc3ccccc3Cl)o2)C1. The van der Waals surface area contributed by atoms with Crippen LogP contribution in [0.15, 0.2) is 34.9 Å². The third-order valence-corrected chi connectivity index (χ3v) is 4.65. The zero-order valence-corrected chi connectivity index (χ0v) is 14.5. The van der Waals surface area contributed by atoms with E-state index in [9.17, 15) is 4.79 Å². The van der Waals surface area contributed by atoms with E-state index >= 15 is 0 Å². The van der Waals surface area contributed by atoms with Crippen molar-refractivity contribution in [3.05, 3.63) is 52.7 Å². The normalized spacial score (nSPS) is 17.9. The van der Waals surface area contributed by atoms with Crippen molar-refractivity contribution in [3.63, 3.8) is 0 Å². The molecule has 128 valence electrons. The van der Waals surface area contributed by atoms with Crippen LogP contribution in [-0.2, 0) is 16.0 Å². The van der Waals surface area contributed by atoms with Gasteiger partial charge in [0, 0.05) is 31.6 Å². The number of carbonyl (C=O) groups excluding carboxylic acids is 1. The van der Waals surface area contributed by atoms with E-state index in [2.05, 4.69) is 4.98 Å². The van der Waals surface area contributed by atoms with E-state index < -0.39 is 0 Å². The van der Waals surface area contributed by atoms with E-state index in [0.29, 0.717) is 18.9 Å². The quantitative estimate of drug-likeness (QED) is 0.832. The number of oxazole rings is 1. The summed E-state index contributed by atoms with van der Waals surface area (Å²) in [5.41, 5.74) is 1.02. The molecule has 3 rings (SSSR count). The number of rotatable bonds is 5. The van der Waals surface area contributed by atoms with Crippen molar-refractivity contribution >= 4 is 17.5 Å². The average molecular weight is 349 g/mol. The fraction of sp³-hybridized carbons (Fsp3) is 0.444. The van der Waals surface area contributed by atoms with Crippen LogP contribution in [0.4, 0.5) is 0 Å². The first kappa shape index (κ1) is 17.0. The minimum atomic E-state index is 0.0186. The predicted octanol–water partition coefficient (Wildman–Crippen LogP) is 3.27. The Hall–Kier alpha value is -1.85. The highest BCUT2D eigenvalue weighted by atomic mass is 35.5. The van der Waals surface area contributed by atoms with E-state index in [1.165, 1.54) is 7.11 Å². The molecule has 1 aromatic carbocycles. The van der Waals surface area contributed by atoms with Gasteiger partial charge in [0.25, 0.3) is 0 Å². The second kappa shape index (κ2) is 7.81. The van der Waals surface area contributed by atoms with Crippen molar-refractivity contribution in [2.24, 2.45) is 0 Å². The van der Waals surface area contributed by atoms with Crippen LogP contribution < -0.4 is 0 Å². The molecule has 1 aliphatic rings. The first-order valence-corrected chi connectivity index (χ1v) is 8.50. The Balaban J connectivity index is 1.66. The second-order valence-electron chi connectivity index (χ2n) is 6.04. The smallest absolute Gasteiger partial charge is 0.248 e. The monoisotopic (exact) mass is 348 g/mol. The standard InChI is InChI=1S/C18H21ClN2O3/c1-23-12-17(22)21-8-4-6-14(11-21)18-20-10-15(24-18)9-13-5-2-3-7-16(13)19/h2-3,5,7,10,14H,4,6,8-9,11-12H2,1H3/t14-/m1/s1. The molecule has 0 aliphatic carbocycles. The van der Waals surface area contributed by atoms with Crippen molar-refractivity contribution < 1.29 is 13.9 Å². The van der Waals surface area contributed by atoms with Gasteiger partial charge in [-0.3, -0.25) is 4.79 Å². The molecule has 2 heterocycles. The van der Waals surface area contributed by atoms with Crippen LogP contribution in [0.25, 0.3) is 0 Å². The number of ether oxygens (including phenoxy) is 1. The zero-order valence-electron chi connectivity index (χ0n) is 13.7. The minimum absolute atomic E-state index is 0.0186. The van der Waals surface area contributed by atoms with Gasteiger partial charge in [-0.2, -0.15) is 0 Å². The van der Waals surface area contributed by atoms with Gasteiger partial charge < -0.3 is 14.1 Å². The number of halogens is 1. The molecule has 0 N–H and O–H groups in total. The predicted molar refractivity (Wildman–Crippen MR) is 91.2 cm³/mol. The molecule has 1 atom stereocenters. The molecular weight excluding hydrogens is 328 g/mol. The van der Waals surface area contributed by atoms with E-state index in [0.717, 1.165) is 35.7 Å². The largest absolute Gasteiger partial charge is 0.445 e. The summed E-state index contributed by atoms with van der Waals surface area (Å²) in [4.78, 5) is 18.2. The van der Waals surface area contributed by atoms with Crippen LogP contribution in [0, 0.1) is 0 Å². The number of amides is 1. The number of hydrogen-bond acceptors (Lipinski definition) is 4. The van der Waals surface area contributed by atoms with Gasteiger partial charge in [-0.1, -0.05) is 29.8 Å². The minimum Gasteiger partial charge on any atom is -0.445 e. The van der Waals surface area contributed by atoms with Crippen LogP contribution in [0.3, 0.4) is 0 Å². The van der Waals surface area contributed by atoms with Crippen molar-refractivity contribution in [1.82, 2.24) is 9.88 Å². The second-order valence-corrected chi connectivity index (χ2v) is 6.45. The fourth-order valence-electron chi connectivity index (χ4n) is 3.04. The van der Waals surface area contributed by atoms with Crippen molar-refractivity contribution in [3.8, 4) is 0 Å². The molecule has 1 aromatic heterocycles. The molecule has 0 spiro atoms. The van der Waals surface area contributed by atoms with Gasteiger partial charge in [0.05, 0.1) is 12.1 Å². The van der Waals surface area contributed by atoms with Crippen molar-refractivity contribution in [1.29, 1.82) is 0 Å². The van der Waals surface area contributed by atoms with Crippen LogP contribution in [-0.4, -0.2) is 42.6 Å². The van der Waals surface area contributed by atoms with Crippen molar-refractivity contribution in [2.45, 2.75) is 25.2 Å². The van der Waals surface area contributed by atoms with Gasteiger partial charge in [0.15, 0.2) is 5.89 Å². The highest BCUT2D eigenvalue weighted by Gasteiger charge is 2.27. The fourth-order valence-corrected chi connectivity index (χ4v) is 3.25. The summed E-state index contributed by atoms with van der Waals surface area (Å²) in [6, 6.07) is 7.72. The molecule has 1 fully saturated rings. The third kappa shape index (κ3) is 3.97. The number of aromatic nitrogens is 1. The molecule has 1 saturated heterocycles. The maximum Gasteiger partial charge on any atom is 0.248 e. The lowest BCUT2D eigenvalue weighted by Gasteiger charge is -2.31. The molecule has 2 aromatic rings. The molecule has 1 aliphatic heterocycles. The summed E-state index contributed by atoms with van der Waals surface area (Å²) in [6.07, 6.45) is 4.30. The van der Waals surface area contributed by atoms with E-state index in [-0.39, 0.29) is 18.4 Å². The summed E-state index contributed by atoms with van der Waals surface area (Å²) < 4.78 is 10.9. The first-order chi connectivity index (χ1) is 11.7. The van der Waals surface area contributed by atoms with Crippen LogP contribution in [0.5, 0.6) is 0 Å². The molecule has 0 bridgehead atoms. The zero-order chi connectivity index (χ0) is 16.9. The molecule has 0 saturated carbocycles. The third-order valence-electron chi connectivity index (χ3n) is 4.29. The summed E-state index contributed by atoms with van der Waals surface area (Å²) >= 11 is 6.20. The maximum absolute atomic E-state index is 12.0. The Kier molecular flexibility index (Phi) is 5.53. The van der Waals surface area contributed by atoms with Crippen LogP contribution in [0.2, 0.25) is 5.02 Å². The number of methoxy groups -OCH3 is 1. The van der Waals surface area contributed by atoms with Crippen LogP contribution >= 0.6 is 11.6 Å². The molecule has 0 radical (unpaired) electrons. The van der Waals surface area contributed by atoms with Gasteiger partial charge in [-0.05, 0) is 24.5 Å². The molecule has 5 nitrogen and oxygen atoms in total. The highest BCUT2D eigenvalue weighted by molar-refractivity contribution is 6.31. The van der Waals surface area contributed by atoms with Gasteiger partial charge >= 0.3 is 0 Å². The summed E-state index contributed by atoms with van der Waals surface area (Å²) in [5.74, 6) is 1.65. The average Bonchev–Trinajstić information content (AvgIpc) is 3.06. The van der Waals surface area contributed by atoms with Gasteiger partial charge in [-0.15, -0.1) is 0 Å². The van der Waals surface area contributed by atoms with Crippen molar-refractivity contribution in [2.75, 3.05) is 26.8 Å². The molecule has 1 amide bonds. The van der Waals surface area contributed by atoms with E-state index in [1.54, 1.807) is 6.20 Å². The number of hydrogen-bond donors (Lipinski definition) is 0. The number of benzene rings is 1. The molecule has 24 heavy (non-hydrogen) atoms. The Morgan fingerprint density at radius 2 is 2.29 bits per heavy atom. The Morgan fingerprint density at radius 3 is 3.08 bits per heavy atom. The lowest BCUT2D eigenvalue weighted by molar-refractivity contribution is -0.136. The summed E-state index contributed by atoms with van der Waals surface area (Å²) in [5, 5.41) is 0.726. The highest BCUT2D eigenvalue weighted by Crippen LogP contribution is 2.28. The number of piperidine rings is 1. The van der Waals surface area contributed by atoms with Gasteiger partial charge in [-0.25, -0.2) is 4.98 Å². The van der Waals surface area contributed by atoms with Gasteiger partial charge in [0.1, 0.15) is 12.4 Å². The summed E-state index contributed by atoms with van der Waals surface area (Å²) in [6.45, 7) is 1.52. The molecule has 6 heteroatoms. The van der Waals surface area contributed by atoms with Crippen LogP contribution in [0.1, 0.15) is 36.0 Å². The number of carbonyl (C=O) groups is 1. The number of likely N-dealkylation sites (tertiary alicyclic amines) is 1. The van der Waals surface area contributed by atoms with E-state index in [4.69, 9.17) is 20.8 Å². The lowest BCUT2D eigenvalue weighted by Crippen LogP contribution is -2.40. The maximum atomic E-state index is 12.0. The Morgan fingerprint density at radius 1 is 1.46 bits per heavy atom. The summed E-state index contributed by atoms with van der Waals surface area (Å²) in [7, 11) is 1.54. The number of nitrogens with zero attached hydrogens (tertiary/aromatic N) is 2.